The van der Waals surface area contributed by atoms with E-state index in [1.165, 1.54) is 6.08 Å². The topological polar surface area (TPSA) is 62.1 Å². The normalized spacial score (nSPS) is 10.9. The molecule has 4 nitrogen and oxygen atoms in total. The number of nitriles is 1. The lowest BCUT2D eigenvalue weighted by molar-refractivity contribution is -0.112. The van der Waals surface area contributed by atoms with Crippen molar-refractivity contribution in [1.29, 1.82) is 5.26 Å². The van der Waals surface area contributed by atoms with E-state index >= 15 is 0 Å². The molecular weight excluding hydrogens is 404 g/mol. The number of carbonyl (C=O) groups excluding carboxylic acids is 1. The fraction of sp³-hybridized carbons (Fsp3) is 0.158. The van der Waals surface area contributed by atoms with Crippen LogP contribution in [0.2, 0.25) is 5.02 Å². The van der Waals surface area contributed by atoms with Crippen molar-refractivity contribution in [1.82, 2.24) is 0 Å². The van der Waals surface area contributed by atoms with Crippen LogP contribution in [0.5, 0.6) is 5.75 Å². The molecule has 0 aliphatic rings. The summed E-state index contributed by atoms with van der Waals surface area (Å²) in [4.78, 5) is 12.3. The van der Waals surface area contributed by atoms with E-state index < -0.39 is 5.91 Å². The van der Waals surface area contributed by atoms with Gasteiger partial charge in [-0.3, -0.25) is 4.79 Å². The minimum atomic E-state index is -0.516. The highest BCUT2D eigenvalue weighted by Crippen LogP contribution is 2.26. The van der Waals surface area contributed by atoms with E-state index in [2.05, 4.69) is 21.2 Å². The van der Waals surface area contributed by atoms with Gasteiger partial charge in [0.15, 0.2) is 0 Å². The van der Waals surface area contributed by atoms with E-state index in [1.54, 1.807) is 42.5 Å². The summed E-state index contributed by atoms with van der Waals surface area (Å²) in [6.45, 7) is 2.68. The van der Waals surface area contributed by atoms with Gasteiger partial charge in [-0.1, -0.05) is 46.6 Å². The molecule has 2 aromatic rings. The van der Waals surface area contributed by atoms with Crippen LogP contribution in [0.15, 0.2) is 52.5 Å². The maximum atomic E-state index is 12.3. The first-order valence-corrected chi connectivity index (χ1v) is 8.81. The number of amides is 1. The summed E-state index contributed by atoms with van der Waals surface area (Å²) < 4.78 is 6.31. The number of hydrogen-bond donors (Lipinski definition) is 1. The molecule has 128 valence electrons. The Morgan fingerprint density at radius 3 is 2.64 bits per heavy atom. The molecule has 1 amide bonds. The second kappa shape index (κ2) is 9.26. The minimum Gasteiger partial charge on any atom is -0.494 e. The van der Waals surface area contributed by atoms with Crippen LogP contribution in [-0.4, -0.2) is 12.5 Å². The first-order chi connectivity index (χ1) is 12.0. The number of carbonyl (C=O) groups is 1. The number of nitrogens with one attached hydrogen (secondary N) is 1. The van der Waals surface area contributed by atoms with Crippen molar-refractivity contribution in [2.45, 2.75) is 13.3 Å². The van der Waals surface area contributed by atoms with Crippen LogP contribution < -0.4 is 10.1 Å². The van der Waals surface area contributed by atoms with E-state index in [1.807, 2.05) is 13.0 Å². The van der Waals surface area contributed by atoms with Crippen molar-refractivity contribution < 1.29 is 9.53 Å². The van der Waals surface area contributed by atoms with Crippen LogP contribution in [0.1, 0.15) is 18.9 Å². The first-order valence-electron chi connectivity index (χ1n) is 7.64. The maximum absolute atomic E-state index is 12.3. The number of nitrogens with zero attached hydrogens (tertiary/aromatic N) is 1. The maximum Gasteiger partial charge on any atom is 0.266 e. The predicted octanol–water partition coefficient (Wildman–Crippen LogP) is 5.44. The van der Waals surface area contributed by atoms with Crippen molar-refractivity contribution in [3.63, 3.8) is 0 Å². The van der Waals surface area contributed by atoms with Gasteiger partial charge in [0.05, 0.1) is 17.3 Å². The van der Waals surface area contributed by atoms with Gasteiger partial charge < -0.3 is 10.1 Å². The van der Waals surface area contributed by atoms with Crippen molar-refractivity contribution >= 4 is 45.2 Å². The zero-order chi connectivity index (χ0) is 18.2. The van der Waals surface area contributed by atoms with E-state index in [0.29, 0.717) is 17.3 Å². The quantitative estimate of drug-likeness (QED) is 0.501. The Morgan fingerprint density at radius 2 is 2.04 bits per heavy atom. The van der Waals surface area contributed by atoms with E-state index in [9.17, 15) is 10.1 Å². The highest BCUT2D eigenvalue weighted by Gasteiger charge is 2.11. The molecule has 25 heavy (non-hydrogen) atoms. The van der Waals surface area contributed by atoms with Gasteiger partial charge in [-0.25, -0.2) is 0 Å². The molecule has 0 unspecified atom stereocenters. The lowest BCUT2D eigenvalue weighted by Crippen LogP contribution is -2.13. The monoisotopic (exact) mass is 418 g/mol. The second-order valence-electron chi connectivity index (χ2n) is 5.17. The third-order valence-corrected chi connectivity index (χ3v) is 4.01. The van der Waals surface area contributed by atoms with Crippen molar-refractivity contribution in [3.8, 4) is 11.8 Å². The molecule has 2 aromatic carbocycles. The molecule has 0 heterocycles. The van der Waals surface area contributed by atoms with Gasteiger partial charge in [-0.05, 0) is 48.4 Å². The zero-order valence-electron chi connectivity index (χ0n) is 13.6. The van der Waals surface area contributed by atoms with Crippen LogP contribution in [0, 0.1) is 11.3 Å². The van der Waals surface area contributed by atoms with Crippen molar-refractivity contribution in [2.24, 2.45) is 0 Å². The standard InChI is InChI=1S/C19H16BrClN2O2/c1-2-9-25-16-6-3-13(4-7-16)10-14(12-22)19(24)23-18-8-5-15(20)11-17(18)21/h3-8,10-11H,2,9H2,1H3,(H,23,24)/b14-10+. The first kappa shape index (κ1) is 19.0. The van der Waals surface area contributed by atoms with Gasteiger partial charge in [-0.15, -0.1) is 0 Å². The molecule has 0 saturated carbocycles. The van der Waals surface area contributed by atoms with Gasteiger partial charge in [0.1, 0.15) is 17.4 Å². The lowest BCUT2D eigenvalue weighted by Gasteiger charge is -2.07. The van der Waals surface area contributed by atoms with Crippen LogP contribution in [0.25, 0.3) is 6.08 Å². The average molecular weight is 420 g/mol. The highest BCUT2D eigenvalue weighted by molar-refractivity contribution is 9.10. The Balaban J connectivity index is 2.13. The SMILES string of the molecule is CCCOc1ccc(/C=C(\C#N)C(=O)Nc2ccc(Br)cc2Cl)cc1. The summed E-state index contributed by atoms with van der Waals surface area (Å²) >= 11 is 9.38. The van der Waals surface area contributed by atoms with Gasteiger partial charge in [0.25, 0.3) is 5.91 Å². The molecule has 0 fully saturated rings. The van der Waals surface area contributed by atoms with E-state index in [4.69, 9.17) is 16.3 Å². The van der Waals surface area contributed by atoms with Crippen LogP contribution >= 0.6 is 27.5 Å². The summed E-state index contributed by atoms with van der Waals surface area (Å²) in [7, 11) is 0. The van der Waals surface area contributed by atoms with Crippen molar-refractivity contribution in [2.75, 3.05) is 11.9 Å². The Kier molecular flexibility index (Phi) is 7.05. The third kappa shape index (κ3) is 5.63. The summed E-state index contributed by atoms with van der Waals surface area (Å²) in [5.41, 5.74) is 1.16. The largest absolute Gasteiger partial charge is 0.494 e. The molecule has 0 spiro atoms. The number of rotatable bonds is 6. The molecule has 0 aromatic heterocycles. The Labute approximate surface area is 160 Å². The Hall–Kier alpha value is -2.29. The number of benzene rings is 2. The molecule has 0 radical (unpaired) electrons. The zero-order valence-corrected chi connectivity index (χ0v) is 15.9. The van der Waals surface area contributed by atoms with Gasteiger partial charge >= 0.3 is 0 Å². The predicted molar refractivity (Wildman–Crippen MR) is 104 cm³/mol. The lowest BCUT2D eigenvalue weighted by atomic mass is 10.1. The van der Waals surface area contributed by atoms with E-state index in [0.717, 1.165) is 22.2 Å². The van der Waals surface area contributed by atoms with E-state index in [-0.39, 0.29) is 5.57 Å². The number of hydrogen-bond acceptors (Lipinski definition) is 3. The van der Waals surface area contributed by atoms with Crippen molar-refractivity contribution in [3.05, 3.63) is 63.1 Å². The molecular formula is C19H16BrClN2O2. The minimum absolute atomic E-state index is 0.0128. The van der Waals surface area contributed by atoms with Gasteiger partial charge in [0.2, 0.25) is 0 Å². The summed E-state index contributed by atoms with van der Waals surface area (Å²) in [5, 5.41) is 12.3. The van der Waals surface area contributed by atoms with Crippen LogP contribution in [-0.2, 0) is 4.79 Å². The molecule has 0 bridgehead atoms. The number of anilines is 1. The van der Waals surface area contributed by atoms with Crippen LogP contribution in [0.3, 0.4) is 0 Å². The second-order valence-corrected chi connectivity index (χ2v) is 6.49. The Morgan fingerprint density at radius 1 is 1.32 bits per heavy atom. The Bertz CT molecular complexity index is 826. The third-order valence-electron chi connectivity index (χ3n) is 3.21. The molecule has 0 aliphatic heterocycles. The van der Waals surface area contributed by atoms with Gasteiger partial charge in [-0.2, -0.15) is 5.26 Å². The molecule has 6 heteroatoms. The fourth-order valence-corrected chi connectivity index (χ4v) is 2.70. The average Bonchev–Trinajstić information content (AvgIpc) is 2.61. The number of halogens is 2. The highest BCUT2D eigenvalue weighted by atomic mass is 79.9. The molecule has 1 N–H and O–H groups in total. The van der Waals surface area contributed by atoms with Gasteiger partial charge in [0, 0.05) is 4.47 Å². The smallest absolute Gasteiger partial charge is 0.266 e. The van der Waals surface area contributed by atoms with Crippen LogP contribution in [0.4, 0.5) is 5.69 Å². The molecule has 0 saturated heterocycles. The summed E-state index contributed by atoms with van der Waals surface area (Å²) in [6.07, 6.45) is 2.45. The summed E-state index contributed by atoms with van der Waals surface area (Å²) in [6, 6.07) is 14.2. The summed E-state index contributed by atoms with van der Waals surface area (Å²) in [5.74, 6) is 0.238. The molecule has 0 atom stereocenters. The fourth-order valence-electron chi connectivity index (χ4n) is 1.98. The molecule has 2 rings (SSSR count). The number of ether oxygens (including phenoxy) is 1. The molecule has 0 aliphatic carbocycles.